The van der Waals surface area contributed by atoms with Crippen molar-refractivity contribution in [1.82, 2.24) is 4.90 Å². The van der Waals surface area contributed by atoms with Crippen LogP contribution in [-0.2, 0) is 27.0 Å². The summed E-state index contributed by atoms with van der Waals surface area (Å²) in [6.07, 6.45) is -3.16. The first-order valence-electron chi connectivity index (χ1n) is 8.75. The Morgan fingerprint density at radius 2 is 2.03 bits per heavy atom. The number of alkyl halides is 3. The van der Waals surface area contributed by atoms with Crippen molar-refractivity contribution in [3.05, 3.63) is 52.9 Å². The highest BCUT2D eigenvalue weighted by molar-refractivity contribution is 6.31. The van der Waals surface area contributed by atoms with Crippen molar-refractivity contribution in [1.29, 1.82) is 0 Å². The number of carbonyl (C=O) groups is 2. The van der Waals surface area contributed by atoms with Crippen molar-refractivity contribution in [3.63, 3.8) is 0 Å². The van der Waals surface area contributed by atoms with Gasteiger partial charge < -0.3 is 19.4 Å². The van der Waals surface area contributed by atoms with Crippen LogP contribution in [-0.4, -0.2) is 36.5 Å². The van der Waals surface area contributed by atoms with E-state index in [9.17, 15) is 22.8 Å². The first-order chi connectivity index (χ1) is 13.7. The smallest absolute Gasteiger partial charge is 0.417 e. The quantitative estimate of drug-likeness (QED) is 0.598. The minimum Gasteiger partial charge on any atom is -0.467 e. The highest BCUT2D eigenvalue weighted by Crippen LogP contribution is 2.36. The van der Waals surface area contributed by atoms with E-state index in [1.54, 1.807) is 19.1 Å². The first kappa shape index (κ1) is 22.8. The minimum atomic E-state index is -4.65. The standard InChI is InChI=1S/C19H20ClF3N2O4/c1-2-28-9-7-18(27)25(11-14-4-3-8-29-14)12-17(26)24-13-5-6-16(20)15(10-13)19(21,22)23/h3-6,8,10H,2,7,9,11-12H2,1H3,(H,24,26). The van der Waals surface area contributed by atoms with Gasteiger partial charge in [-0.3, -0.25) is 9.59 Å². The van der Waals surface area contributed by atoms with E-state index in [2.05, 4.69) is 5.32 Å². The molecule has 0 unspecified atom stereocenters. The molecule has 1 N–H and O–H groups in total. The van der Waals surface area contributed by atoms with Crippen LogP contribution in [0.4, 0.5) is 18.9 Å². The lowest BCUT2D eigenvalue weighted by Crippen LogP contribution is -2.38. The molecule has 0 atom stereocenters. The number of ether oxygens (including phenoxy) is 1. The van der Waals surface area contributed by atoms with Crippen LogP contribution in [0, 0.1) is 0 Å². The monoisotopic (exact) mass is 432 g/mol. The molecular formula is C19H20ClF3N2O4. The predicted octanol–water partition coefficient (Wildman–Crippen LogP) is 4.35. The van der Waals surface area contributed by atoms with Crippen molar-refractivity contribution >= 4 is 29.1 Å². The lowest BCUT2D eigenvalue weighted by Gasteiger charge is -2.21. The van der Waals surface area contributed by atoms with E-state index in [0.29, 0.717) is 12.4 Å². The van der Waals surface area contributed by atoms with Gasteiger partial charge in [0, 0.05) is 12.3 Å². The number of anilines is 1. The number of rotatable bonds is 9. The zero-order valence-corrected chi connectivity index (χ0v) is 16.3. The first-order valence-corrected chi connectivity index (χ1v) is 9.13. The molecule has 10 heteroatoms. The van der Waals surface area contributed by atoms with Gasteiger partial charge in [0.15, 0.2) is 0 Å². The third-order valence-corrected chi connectivity index (χ3v) is 4.16. The van der Waals surface area contributed by atoms with Crippen LogP contribution in [0.3, 0.4) is 0 Å². The largest absolute Gasteiger partial charge is 0.467 e. The summed E-state index contributed by atoms with van der Waals surface area (Å²) >= 11 is 5.58. The Balaban J connectivity index is 2.07. The van der Waals surface area contributed by atoms with Crippen LogP contribution in [0.15, 0.2) is 41.0 Å². The lowest BCUT2D eigenvalue weighted by atomic mass is 10.2. The molecule has 0 bridgehead atoms. The Bertz CT molecular complexity index is 825. The molecule has 1 aromatic heterocycles. The van der Waals surface area contributed by atoms with Crippen LogP contribution < -0.4 is 5.32 Å². The lowest BCUT2D eigenvalue weighted by molar-refractivity contribution is -0.137. The van der Waals surface area contributed by atoms with Crippen molar-refractivity contribution in [2.24, 2.45) is 0 Å². The number of nitrogens with one attached hydrogen (secondary N) is 1. The molecule has 1 heterocycles. The summed E-state index contributed by atoms with van der Waals surface area (Å²) in [6, 6.07) is 6.34. The number of hydrogen-bond acceptors (Lipinski definition) is 4. The van der Waals surface area contributed by atoms with Crippen molar-refractivity contribution in [2.45, 2.75) is 26.1 Å². The highest BCUT2D eigenvalue weighted by atomic mass is 35.5. The number of furan rings is 1. The number of halogens is 4. The number of hydrogen-bond donors (Lipinski definition) is 1. The summed E-state index contributed by atoms with van der Waals surface area (Å²) in [5, 5.41) is 1.89. The fourth-order valence-corrected chi connectivity index (χ4v) is 2.70. The van der Waals surface area contributed by atoms with E-state index >= 15 is 0 Å². The molecule has 0 fully saturated rings. The molecule has 0 aliphatic rings. The highest BCUT2D eigenvalue weighted by Gasteiger charge is 2.33. The van der Waals surface area contributed by atoms with E-state index in [1.165, 1.54) is 17.2 Å². The van der Waals surface area contributed by atoms with Gasteiger partial charge in [0.1, 0.15) is 12.3 Å². The van der Waals surface area contributed by atoms with Gasteiger partial charge in [0.05, 0.1) is 36.4 Å². The van der Waals surface area contributed by atoms with Gasteiger partial charge in [0.25, 0.3) is 0 Å². The predicted molar refractivity (Wildman–Crippen MR) is 100 cm³/mol. The second kappa shape index (κ2) is 10.3. The van der Waals surface area contributed by atoms with Crippen LogP contribution in [0.1, 0.15) is 24.7 Å². The molecule has 2 amide bonds. The number of amides is 2. The molecule has 2 aromatic rings. The average molecular weight is 433 g/mol. The fourth-order valence-electron chi connectivity index (χ4n) is 2.48. The van der Waals surface area contributed by atoms with Crippen LogP contribution in [0.2, 0.25) is 5.02 Å². The summed E-state index contributed by atoms with van der Waals surface area (Å²) in [5.41, 5.74) is -1.14. The van der Waals surface area contributed by atoms with E-state index in [0.717, 1.165) is 12.1 Å². The summed E-state index contributed by atoms with van der Waals surface area (Å²) < 4.78 is 49.3. The second-order valence-electron chi connectivity index (χ2n) is 6.02. The maximum Gasteiger partial charge on any atom is 0.417 e. The van der Waals surface area contributed by atoms with E-state index < -0.39 is 22.7 Å². The number of carbonyl (C=O) groups excluding carboxylic acids is 2. The molecule has 0 aliphatic heterocycles. The number of nitrogens with zero attached hydrogens (tertiary/aromatic N) is 1. The van der Waals surface area contributed by atoms with E-state index in [-0.39, 0.29) is 37.7 Å². The van der Waals surface area contributed by atoms with Gasteiger partial charge in [-0.15, -0.1) is 0 Å². The van der Waals surface area contributed by atoms with Crippen molar-refractivity contribution in [3.8, 4) is 0 Å². The van der Waals surface area contributed by atoms with Crippen molar-refractivity contribution in [2.75, 3.05) is 25.1 Å². The van der Waals surface area contributed by atoms with Gasteiger partial charge in [-0.05, 0) is 37.3 Å². The van der Waals surface area contributed by atoms with Crippen LogP contribution >= 0.6 is 11.6 Å². The molecular weight excluding hydrogens is 413 g/mol. The Kier molecular flexibility index (Phi) is 8.10. The molecule has 0 saturated heterocycles. The summed E-state index contributed by atoms with van der Waals surface area (Å²) in [6.45, 7) is 2.11. The molecule has 0 radical (unpaired) electrons. The van der Waals surface area contributed by atoms with Gasteiger partial charge >= 0.3 is 6.18 Å². The molecule has 29 heavy (non-hydrogen) atoms. The molecule has 0 spiro atoms. The normalized spacial score (nSPS) is 11.3. The molecule has 6 nitrogen and oxygen atoms in total. The number of benzene rings is 1. The van der Waals surface area contributed by atoms with E-state index in [1.807, 2.05) is 0 Å². The van der Waals surface area contributed by atoms with Gasteiger partial charge in [-0.1, -0.05) is 11.6 Å². The van der Waals surface area contributed by atoms with Gasteiger partial charge in [0.2, 0.25) is 11.8 Å². The molecule has 0 saturated carbocycles. The minimum absolute atomic E-state index is 0.0415. The summed E-state index contributed by atoms with van der Waals surface area (Å²) in [7, 11) is 0. The Hall–Kier alpha value is -2.52. The zero-order valence-electron chi connectivity index (χ0n) is 15.6. The Morgan fingerprint density at radius 3 is 2.66 bits per heavy atom. The van der Waals surface area contributed by atoms with Crippen molar-refractivity contribution < 1.29 is 31.9 Å². The fraction of sp³-hybridized carbons (Fsp3) is 0.368. The second-order valence-corrected chi connectivity index (χ2v) is 6.42. The molecule has 2 rings (SSSR count). The third-order valence-electron chi connectivity index (χ3n) is 3.83. The average Bonchev–Trinajstić information content (AvgIpc) is 3.15. The maximum atomic E-state index is 13.0. The molecule has 1 aromatic carbocycles. The zero-order chi connectivity index (χ0) is 21.4. The van der Waals surface area contributed by atoms with E-state index in [4.69, 9.17) is 20.8 Å². The van der Waals surface area contributed by atoms with Gasteiger partial charge in [-0.25, -0.2) is 0 Å². The summed E-state index contributed by atoms with van der Waals surface area (Å²) in [4.78, 5) is 26.0. The molecule has 0 aliphatic carbocycles. The SMILES string of the molecule is CCOCCC(=O)N(CC(=O)Nc1ccc(Cl)c(C(F)(F)F)c1)Cc1ccco1. The summed E-state index contributed by atoms with van der Waals surface area (Å²) in [5.74, 6) is -0.540. The Labute approximate surface area is 170 Å². The van der Waals surface area contributed by atoms with Crippen LogP contribution in [0.25, 0.3) is 0 Å². The Morgan fingerprint density at radius 1 is 1.28 bits per heavy atom. The molecule has 158 valence electrons. The van der Waals surface area contributed by atoms with Gasteiger partial charge in [-0.2, -0.15) is 13.2 Å². The topological polar surface area (TPSA) is 71.8 Å². The van der Waals surface area contributed by atoms with Crippen LogP contribution in [0.5, 0.6) is 0 Å². The third kappa shape index (κ3) is 7.10. The maximum absolute atomic E-state index is 13.0.